The Bertz CT molecular complexity index is 1030. The fourth-order valence-electron chi connectivity index (χ4n) is 3.11. The molecule has 0 saturated heterocycles. The molecular weight excluding hydrogens is 373 g/mol. The molecule has 7 nitrogen and oxygen atoms in total. The number of ether oxygens (including phenoxy) is 1. The third-order valence-electron chi connectivity index (χ3n) is 4.53. The third kappa shape index (κ3) is 3.26. The number of benzene rings is 1. The van der Waals surface area contributed by atoms with E-state index in [9.17, 15) is 13.2 Å². The Labute approximate surface area is 158 Å². The number of aryl methyl sites for hydroxylation is 1. The summed E-state index contributed by atoms with van der Waals surface area (Å²) < 4.78 is 46.8. The summed E-state index contributed by atoms with van der Waals surface area (Å²) in [6.45, 7) is 1.99. The van der Waals surface area contributed by atoms with Crippen molar-refractivity contribution in [1.82, 2.24) is 24.8 Å². The van der Waals surface area contributed by atoms with Crippen molar-refractivity contribution in [3.8, 4) is 5.75 Å². The average molecular weight is 390 g/mol. The first-order valence-corrected chi connectivity index (χ1v) is 8.46. The number of aliphatic imine (C=N–C) groups is 1. The minimum absolute atomic E-state index is 0.198. The van der Waals surface area contributed by atoms with E-state index in [0.717, 1.165) is 5.56 Å². The molecule has 1 aliphatic rings. The van der Waals surface area contributed by atoms with Crippen LogP contribution in [0.5, 0.6) is 5.75 Å². The maximum Gasteiger partial charge on any atom is 0.450 e. The summed E-state index contributed by atoms with van der Waals surface area (Å²) in [5, 5.41) is 1.42. The predicted molar refractivity (Wildman–Crippen MR) is 95.6 cm³/mol. The average Bonchev–Trinajstić information content (AvgIpc) is 3.24. The number of hydrogen-bond donors (Lipinski definition) is 1. The Morgan fingerprint density at radius 2 is 1.96 bits per heavy atom. The van der Waals surface area contributed by atoms with E-state index in [0.29, 0.717) is 22.8 Å². The minimum atomic E-state index is -4.58. The van der Waals surface area contributed by atoms with Gasteiger partial charge in [0.1, 0.15) is 11.4 Å². The smallest absolute Gasteiger partial charge is 0.450 e. The maximum atomic E-state index is 13.3. The fraction of sp³-hybridized carbons (Fsp3) is 0.278. The molecule has 4 rings (SSSR count). The molecule has 1 N–H and O–H groups in total. The van der Waals surface area contributed by atoms with E-state index in [4.69, 9.17) is 4.74 Å². The summed E-state index contributed by atoms with van der Waals surface area (Å²) >= 11 is 0. The first-order valence-electron chi connectivity index (χ1n) is 8.46. The Kier molecular flexibility index (Phi) is 4.42. The molecule has 0 amide bonds. The lowest BCUT2D eigenvalue weighted by Gasteiger charge is -2.23. The Balaban J connectivity index is 1.70. The molecule has 0 aliphatic carbocycles. The zero-order chi connectivity index (χ0) is 19.9. The van der Waals surface area contributed by atoms with Gasteiger partial charge in [0, 0.05) is 24.6 Å². The molecule has 0 fully saturated rings. The van der Waals surface area contributed by atoms with Gasteiger partial charge in [-0.2, -0.15) is 18.2 Å². The summed E-state index contributed by atoms with van der Waals surface area (Å²) in [6.07, 6.45) is -0.634. The van der Waals surface area contributed by atoms with E-state index in [1.165, 1.54) is 5.01 Å². The standard InChI is InChI=1S/C18H17F3N6O/c1-11-15(23-14-9-22-7-8-26(11)14)16-24-17(18(19,20)21)25-27(16)10-12-3-5-13(28-2)6-4-12/h3-9,16H,10H2,1-2H3,(H,24,25). The molecule has 1 aromatic carbocycles. The van der Waals surface area contributed by atoms with Gasteiger partial charge in [-0.05, 0) is 24.6 Å². The van der Waals surface area contributed by atoms with Gasteiger partial charge in [0.25, 0.3) is 0 Å². The molecule has 10 heteroatoms. The number of alkyl halides is 3. The maximum absolute atomic E-state index is 13.3. The van der Waals surface area contributed by atoms with Crippen molar-refractivity contribution in [2.24, 2.45) is 4.99 Å². The number of imidazole rings is 1. The first kappa shape index (κ1) is 18.2. The van der Waals surface area contributed by atoms with Gasteiger partial charge >= 0.3 is 6.18 Å². The van der Waals surface area contributed by atoms with Gasteiger partial charge in [-0.3, -0.25) is 10.4 Å². The Hall–Kier alpha value is -3.14. The molecule has 2 aromatic heterocycles. The Morgan fingerprint density at radius 1 is 1.21 bits per heavy atom. The number of hydrogen-bond acceptors (Lipinski definition) is 6. The van der Waals surface area contributed by atoms with Gasteiger partial charge in [-0.1, -0.05) is 12.1 Å². The van der Waals surface area contributed by atoms with Crippen LogP contribution in [0.25, 0.3) is 5.65 Å². The van der Waals surface area contributed by atoms with Crippen molar-refractivity contribution in [3.05, 3.63) is 59.8 Å². The number of hydrazine groups is 1. The molecular formula is C18H17F3N6O. The van der Waals surface area contributed by atoms with Crippen molar-refractivity contribution < 1.29 is 17.9 Å². The molecule has 3 heterocycles. The summed E-state index contributed by atoms with van der Waals surface area (Å²) in [6, 6.07) is 7.11. The second-order valence-electron chi connectivity index (χ2n) is 6.32. The number of nitrogens with zero attached hydrogens (tertiary/aromatic N) is 5. The van der Waals surface area contributed by atoms with Crippen molar-refractivity contribution in [1.29, 1.82) is 0 Å². The molecule has 3 aromatic rings. The zero-order valence-electron chi connectivity index (χ0n) is 15.1. The molecule has 1 unspecified atom stereocenters. The van der Waals surface area contributed by atoms with Crippen LogP contribution in [0.15, 0.2) is 47.8 Å². The lowest BCUT2D eigenvalue weighted by molar-refractivity contribution is -0.0633. The van der Waals surface area contributed by atoms with Crippen LogP contribution < -0.4 is 10.2 Å². The first-order chi connectivity index (χ1) is 13.4. The van der Waals surface area contributed by atoms with E-state index in [1.807, 2.05) is 0 Å². The highest BCUT2D eigenvalue weighted by Gasteiger charge is 2.44. The summed E-state index contributed by atoms with van der Waals surface area (Å²) in [4.78, 5) is 12.3. The van der Waals surface area contributed by atoms with Crippen molar-refractivity contribution in [3.63, 3.8) is 0 Å². The van der Waals surface area contributed by atoms with Crippen molar-refractivity contribution >= 4 is 11.5 Å². The van der Waals surface area contributed by atoms with Crippen LogP contribution in [0.4, 0.5) is 13.2 Å². The number of rotatable bonds is 4. The van der Waals surface area contributed by atoms with Crippen LogP contribution in [-0.4, -0.2) is 38.5 Å². The van der Waals surface area contributed by atoms with Gasteiger partial charge in [0.2, 0.25) is 5.84 Å². The number of fused-ring (bicyclic) bond motifs is 1. The number of methoxy groups -OCH3 is 1. The second kappa shape index (κ2) is 6.79. The number of halogens is 3. The van der Waals surface area contributed by atoms with Crippen molar-refractivity contribution in [2.75, 3.05) is 7.11 Å². The van der Waals surface area contributed by atoms with E-state index in [2.05, 4.69) is 20.4 Å². The molecule has 0 spiro atoms. The Morgan fingerprint density at radius 3 is 2.61 bits per heavy atom. The highest BCUT2D eigenvalue weighted by Crippen LogP contribution is 2.32. The molecule has 0 radical (unpaired) electrons. The van der Waals surface area contributed by atoms with E-state index >= 15 is 0 Å². The normalized spacial score (nSPS) is 17.6. The van der Waals surface area contributed by atoms with Crippen LogP contribution >= 0.6 is 0 Å². The number of nitrogens with one attached hydrogen (secondary N) is 1. The van der Waals surface area contributed by atoms with Crippen LogP contribution in [-0.2, 0) is 6.54 Å². The van der Waals surface area contributed by atoms with E-state index < -0.39 is 18.2 Å². The lowest BCUT2D eigenvalue weighted by Crippen LogP contribution is -2.42. The topological polar surface area (TPSA) is 67.0 Å². The molecule has 1 aliphatic heterocycles. The summed E-state index contributed by atoms with van der Waals surface area (Å²) in [7, 11) is 1.55. The van der Waals surface area contributed by atoms with E-state index in [1.54, 1.807) is 61.3 Å². The second-order valence-corrected chi connectivity index (χ2v) is 6.32. The van der Waals surface area contributed by atoms with Crippen LogP contribution in [0.2, 0.25) is 0 Å². The number of amidine groups is 1. The summed E-state index contributed by atoms with van der Waals surface area (Å²) in [5.41, 5.74) is 4.89. The highest BCUT2D eigenvalue weighted by molar-refractivity contribution is 5.88. The van der Waals surface area contributed by atoms with Crippen LogP contribution in [0.3, 0.4) is 0 Å². The zero-order valence-corrected chi connectivity index (χ0v) is 15.1. The van der Waals surface area contributed by atoms with Gasteiger partial charge in [-0.25, -0.2) is 9.98 Å². The quantitative estimate of drug-likeness (QED) is 0.742. The van der Waals surface area contributed by atoms with Crippen LogP contribution in [0, 0.1) is 6.92 Å². The summed E-state index contributed by atoms with van der Waals surface area (Å²) in [5.74, 6) is -0.369. The van der Waals surface area contributed by atoms with Crippen molar-refractivity contribution in [2.45, 2.75) is 25.8 Å². The molecule has 146 valence electrons. The lowest BCUT2D eigenvalue weighted by atomic mass is 10.2. The van der Waals surface area contributed by atoms with Gasteiger partial charge in [0.15, 0.2) is 11.8 Å². The van der Waals surface area contributed by atoms with Gasteiger partial charge in [-0.15, -0.1) is 0 Å². The largest absolute Gasteiger partial charge is 0.497 e. The fourth-order valence-corrected chi connectivity index (χ4v) is 3.11. The van der Waals surface area contributed by atoms with Crippen LogP contribution in [0.1, 0.15) is 23.1 Å². The van der Waals surface area contributed by atoms with Gasteiger partial charge < -0.3 is 9.14 Å². The predicted octanol–water partition coefficient (Wildman–Crippen LogP) is 3.03. The minimum Gasteiger partial charge on any atom is -0.497 e. The van der Waals surface area contributed by atoms with Gasteiger partial charge in [0.05, 0.1) is 13.3 Å². The number of aromatic nitrogens is 3. The molecule has 1 atom stereocenters. The van der Waals surface area contributed by atoms with E-state index in [-0.39, 0.29) is 6.54 Å². The third-order valence-corrected chi connectivity index (χ3v) is 4.53. The molecule has 0 bridgehead atoms. The molecule has 0 saturated carbocycles. The monoisotopic (exact) mass is 390 g/mol. The SMILES string of the molecule is COc1ccc(CN2NC(C(F)(F)F)=NC2c2nc3cnccn3c2C)cc1. The highest BCUT2D eigenvalue weighted by atomic mass is 19.4. The molecule has 28 heavy (non-hydrogen) atoms.